The van der Waals surface area contributed by atoms with Crippen LogP contribution in [0.15, 0.2) is 29.2 Å². The minimum Gasteiger partial charge on any atom is -0.389 e. The fraction of sp³-hybridized carbons (Fsp3) is 0.500. The Kier molecular flexibility index (Phi) is 5.12. The first-order valence-corrected chi connectivity index (χ1v) is 6.53. The van der Waals surface area contributed by atoms with Crippen LogP contribution in [0.4, 0.5) is 0 Å². The second-order valence-electron chi connectivity index (χ2n) is 4.29. The van der Waals surface area contributed by atoms with E-state index in [4.69, 9.17) is 17.3 Å². The molecule has 1 rings (SSSR count). The number of rotatable bonds is 5. The van der Waals surface area contributed by atoms with Gasteiger partial charge in [-0.1, -0.05) is 24.6 Å². The minimum atomic E-state index is -0.787. The van der Waals surface area contributed by atoms with Gasteiger partial charge in [0, 0.05) is 21.7 Å². The quantitative estimate of drug-likeness (QED) is 0.800. The molecule has 1 aromatic rings. The average Bonchev–Trinajstić information content (AvgIpc) is 2.16. The van der Waals surface area contributed by atoms with E-state index in [1.54, 1.807) is 18.7 Å². The van der Waals surface area contributed by atoms with E-state index in [1.165, 1.54) is 0 Å². The van der Waals surface area contributed by atoms with E-state index in [0.29, 0.717) is 11.7 Å². The highest BCUT2D eigenvalue weighted by Gasteiger charge is 2.21. The summed E-state index contributed by atoms with van der Waals surface area (Å²) in [4.78, 5) is 1.12. The van der Waals surface area contributed by atoms with Crippen LogP contribution in [0.3, 0.4) is 0 Å². The predicted molar refractivity (Wildman–Crippen MR) is 71.1 cm³/mol. The van der Waals surface area contributed by atoms with Crippen molar-refractivity contribution in [1.82, 2.24) is 0 Å². The predicted octanol–water partition coefficient (Wildman–Crippen LogP) is 2.92. The van der Waals surface area contributed by atoms with Gasteiger partial charge < -0.3 is 10.8 Å². The molecule has 0 spiro atoms. The van der Waals surface area contributed by atoms with Gasteiger partial charge in [-0.15, -0.1) is 11.8 Å². The van der Waals surface area contributed by atoms with Gasteiger partial charge in [0.15, 0.2) is 0 Å². The Morgan fingerprint density at radius 2 is 2.25 bits per heavy atom. The molecule has 2 atom stereocenters. The van der Waals surface area contributed by atoms with Crippen molar-refractivity contribution in [2.75, 3.05) is 6.54 Å². The minimum absolute atomic E-state index is 0.285. The molecule has 0 amide bonds. The van der Waals surface area contributed by atoms with Gasteiger partial charge in [-0.2, -0.15) is 0 Å². The number of nitrogens with two attached hydrogens (primary N) is 1. The molecule has 1 aromatic carbocycles. The van der Waals surface area contributed by atoms with E-state index in [-0.39, 0.29) is 6.54 Å². The summed E-state index contributed by atoms with van der Waals surface area (Å²) in [6.07, 6.45) is 0.667. The lowest BCUT2D eigenvalue weighted by molar-refractivity contribution is 0.0608. The first kappa shape index (κ1) is 13.8. The molecule has 0 aliphatic rings. The number of thioether (sulfide) groups is 1. The van der Waals surface area contributed by atoms with Gasteiger partial charge >= 0.3 is 0 Å². The van der Waals surface area contributed by atoms with Crippen molar-refractivity contribution in [2.24, 2.45) is 5.73 Å². The van der Waals surface area contributed by atoms with Crippen LogP contribution in [0.1, 0.15) is 20.3 Å². The molecule has 0 saturated carbocycles. The average molecular weight is 260 g/mol. The zero-order valence-electron chi connectivity index (χ0n) is 9.61. The third kappa shape index (κ3) is 4.74. The fourth-order valence-electron chi connectivity index (χ4n) is 1.52. The molecule has 0 aliphatic carbocycles. The first-order chi connectivity index (χ1) is 7.43. The Balaban J connectivity index is 2.55. The summed E-state index contributed by atoms with van der Waals surface area (Å²) in [7, 11) is 0. The second-order valence-corrected chi connectivity index (χ2v) is 6.24. The molecule has 0 saturated heterocycles. The Morgan fingerprint density at radius 3 is 2.81 bits per heavy atom. The maximum absolute atomic E-state index is 9.86. The maximum atomic E-state index is 9.86. The largest absolute Gasteiger partial charge is 0.389 e. The third-order valence-corrected chi connectivity index (χ3v) is 3.63. The van der Waals surface area contributed by atoms with Crippen molar-refractivity contribution in [1.29, 1.82) is 0 Å². The van der Waals surface area contributed by atoms with E-state index in [0.717, 1.165) is 9.92 Å². The Morgan fingerprint density at radius 1 is 1.56 bits per heavy atom. The van der Waals surface area contributed by atoms with E-state index in [9.17, 15) is 5.11 Å². The van der Waals surface area contributed by atoms with Gasteiger partial charge in [-0.3, -0.25) is 0 Å². The summed E-state index contributed by atoms with van der Waals surface area (Å²) < 4.78 is 0. The second kappa shape index (κ2) is 5.92. The fourth-order valence-corrected chi connectivity index (χ4v) is 3.03. The Bertz CT molecular complexity index is 344. The zero-order chi connectivity index (χ0) is 12.2. The van der Waals surface area contributed by atoms with Crippen LogP contribution in [0.2, 0.25) is 5.02 Å². The first-order valence-electron chi connectivity index (χ1n) is 5.27. The van der Waals surface area contributed by atoms with Crippen molar-refractivity contribution < 1.29 is 5.11 Å². The van der Waals surface area contributed by atoms with Crippen LogP contribution in [0, 0.1) is 0 Å². The number of benzene rings is 1. The van der Waals surface area contributed by atoms with E-state index < -0.39 is 5.60 Å². The molecule has 4 heteroatoms. The topological polar surface area (TPSA) is 46.2 Å². The maximum Gasteiger partial charge on any atom is 0.0752 e. The highest BCUT2D eigenvalue weighted by molar-refractivity contribution is 7.99. The summed E-state index contributed by atoms with van der Waals surface area (Å²) >= 11 is 7.61. The third-order valence-electron chi connectivity index (χ3n) is 2.30. The monoisotopic (exact) mass is 259 g/mol. The van der Waals surface area contributed by atoms with Crippen LogP contribution in [0.5, 0.6) is 0 Å². The molecule has 0 bridgehead atoms. The molecule has 16 heavy (non-hydrogen) atoms. The lowest BCUT2D eigenvalue weighted by atomic mass is 10.0. The number of hydrogen-bond acceptors (Lipinski definition) is 3. The molecule has 2 unspecified atom stereocenters. The van der Waals surface area contributed by atoms with E-state index in [1.807, 2.05) is 24.3 Å². The van der Waals surface area contributed by atoms with Gasteiger partial charge in [0.25, 0.3) is 0 Å². The normalized spacial score (nSPS) is 16.8. The van der Waals surface area contributed by atoms with Gasteiger partial charge in [0.1, 0.15) is 0 Å². The zero-order valence-corrected chi connectivity index (χ0v) is 11.2. The van der Waals surface area contributed by atoms with E-state index in [2.05, 4.69) is 6.92 Å². The number of halogens is 1. The lowest BCUT2D eigenvalue weighted by Gasteiger charge is -2.24. The standard InChI is InChI=1S/C12H18ClNOS/c1-9(7-12(2,15)8-14)16-11-5-3-4-10(13)6-11/h3-6,9,15H,7-8,14H2,1-2H3. The SMILES string of the molecule is CC(CC(C)(O)CN)Sc1cccc(Cl)c1. The molecule has 0 aromatic heterocycles. The van der Waals surface area contributed by atoms with Gasteiger partial charge in [0.2, 0.25) is 0 Å². The van der Waals surface area contributed by atoms with Crippen LogP contribution in [-0.4, -0.2) is 22.5 Å². The summed E-state index contributed by atoms with van der Waals surface area (Å²) in [6, 6.07) is 7.73. The Hall–Kier alpha value is -0.220. The van der Waals surface area contributed by atoms with Crippen molar-refractivity contribution in [3.8, 4) is 0 Å². The summed E-state index contributed by atoms with van der Waals surface area (Å²) in [5.41, 5.74) is 4.71. The van der Waals surface area contributed by atoms with Crippen molar-refractivity contribution in [3.63, 3.8) is 0 Å². The molecule has 2 nitrogen and oxygen atoms in total. The molecular formula is C12H18ClNOS. The number of hydrogen-bond donors (Lipinski definition) is 2. The van der Waals surface area contributed by atoms with Crippen LogP contribution in [0.25, 0.3) is 0 Å². The number of aliphatic hydroxyl groups is 1. The van der Waals surface area contributed by atoms with E-state index >= 15 is 0 Å². The van der Waals surface area contributed by atoms with Gasteiger partial charge in [-0.25, -0.2) is 0 Å². The molecule has 0 aliphatic heterocycles. The molecular weight excluding hydrogens is 242 g/mol. The molecule has 0 radical (unpaired) electrons. The van der Waals surface area contributed by atoms with Crippen LogP contribution in [-0.2, 0) is 0 Å². The smallest absolute Gasteiger partial charge is 0.0752 e. The lowest BCUT2D eigenvalue weighted by Crippen LogP contribution is -2.36. The van der Waals surface area contributed by atoms with Crippen molar-refractivity contribution >= 4 is 23.4 Å². The summed E-state index contributed by atoms with van der Waals surface area (Å²) in [6.45, 7) is 4.13. The summed E-state index contributed by atoms with van der Waals surface area (Å²) in [5.74, 6) is 0. The molecule has 90 valence electrons. The molecule has 0 fully saturated rings. The van der Waals surface area contributed by atoms with Crippen molar-refractivity contribution in [2.45, 2.75) is 36.0 Å². The molecule has 3 N–H and O–H groups in total. The van der Waals surface area contributed by atoms with Gasteiger partial charge in [0.05, 0.1) is 5.60 Å². The molecule has 0 heterocycles. The van der Waals surface area contributed by atoms with Gasteiger partial charge in [-0.05, 0) is 31.5 Å². The van der Waals surface area contributed by atoms with Crippen LogP contribution < -0.4 is 5.73 Å². The highest BCUT2D eigenvalue weighted by atomic mass is 35.5. The van der Waals surface area contributed by atoms with Crippen LogP contribution >= 0.6 is 23.4 Å². The summed E-state index contributed by atoms with van der Waals surface area (Å²) in [5, 5.41) is 10.9. The Labute approximate surface area is 106 Å². The van der Waals surface area contributed by atoms with Crippen molar-refractivity contribution in [3.05, 3.63) is 29.3 Å². The highest BCUT2D eigenvalue weighted by Crippen LogP contribution is 2.29.